The van der Waals surface area contributed by atoms with Crippen LogP contribution in [0.5, 0.6) is 5.75 Å². The van der Waals surface area contributed by atoms with Crippen molar-refractivity contribution < 1.29 is 9.53 Å². The number of benzene rings is 1. The van der Waals surface area contributed by atoms with Gasteiger partial charge in [-0.25, -0.2) is 4.79 Å². The van der Waals surface area contributed by atoms with E-state index in [0.717, 1.165) is 17.0 Å². The maximum absolute atomic E-state index is 11.0. The highest BCUT2D eigenvalue weighted by Crippen LogP contribution is 2.32. The third-order valence-electron chi connectivity index (χ3n) is 3.02. The number of aryl methyl sites for hydroxylation is 1. The lowest BCUT2D eigenvalue weighted by Crippen LogP contribution is -2.16. The Kier molecular flexibility index (Phi) is 3.53. The van der Waals surface area contributed by atoms with Crippen molar-refractivity contribution in [2.75, 3.05) is 0 Å². The highest BCUT2D eigenvalue weighted by molar-refractivity contribution is 5.75. The summed E-state index contributed by atoms with van der Waals surface area (Å²) in [4.78, 5) is 11.0. The number of para-hydroxylation sites is 1. The minimum atomic E-state index is -0.823. The Balaban J connectivity index is 2.52. The number of nitrogens with two attached hydrogens (primary N) is 1. The van der Waals surface area contributed by atoms with E-state index in [2.05, 4.69) is 25.9 Å². The summed E-state index contributed by atoms with van der Waals surface area (Å²) < 4.78 is 6.83. The zero-order chi connectivity index (χ0) is 14.9. The van der Waals surface area contributed by atoms with Gasteiger partial charge >= 0.3 is 6.09 Å². The molecule has 0 fully saturated rings. The average molecular weight is 273 g/mol. The maximum atomic E-state index is 11.0. The van der Waals surface area contributed by atoms with Crippen molar-refractivity contribution in [3.63, 3.8) is 0 Å². The summed E-state index contributed by atoms with van der Waals surface area (Å²) in [6.45, 7) is 6.31. The van der Waals surface area contributed by atoms with E-state index >= 15 is 0 Å². The molecule has 0 unspecified atom stereocenters. The van der Waals surface area contributed by atoms with E-state index in [-0.39, 0.29) is 5.41 Å². The third kappa shape index (κ3) is 2.82. The van der Waals surface area contributed by atoms with Crippen LogP contribution >= 0.6 is 0 Å². The molecule has 1 aromatic heterocycles. The first-order valence-corrected chi connectivity index (χ1v) is 6.40. The first kappa shape index (κ1) is 14.1. The number of amides is 1. The summed E-state index contributed by atoms with van der Waals surface area (Å²) >= 11 is 0. The van der Waals surface area contributed by atoms with Crippen molar-refractivity contribution in [1.82, 2.24) is 9.78 Å². The van der Waals surface area contributed by atoms with Gasteiger partial charge in [0.25, 0.3) is 0 Å². The molecule has 0 bridgehead atoms. The monoisotopic (exact) mass is 273 g/mol. The second-order valence-corrected chi connectivity index (χ2v) is 5.71. The van der Waals surface area contributed by atoms with E-state index in [0.29, 0.717) is 5.75 Å². The molecule has 2 N–H and O–H groups in total. The van der Waals surface area contributed by atoms with Crippen LogP contribution < -0.4 is 10.5 Å². The molecule has 0 saturated carbocycles. The molecule has 0 atom stereocenters. The van der Waals surface area contributed by atoms with Crippen LogP contribution in [0.1, 0.15) is 26.5 Å². The van der Waals surface area contributed by atoms with Crippen molar-refractivity contribution in [3.05, 3.63) is 36.0 Å². The van der Waals surface area contributed by atoms with Gasteiger partial charge in [-0.15, -0.1) is 0 Å². The molecule has 2 rings (SSSR count). The molecule has 1 aromatic carbocycles. The van der Waals surface area contributed by atoms with Crippen molar-refractivity contribution in [3.8, 4) is 17.0 Å². The highest BCUT2D eigenvalue weighted by atomic mass is 16.5. The van der Waals surface area contributed by atoms with Crippen LogP contribution in [0.25, 0.3) is 11.3 Å². The fourth-order valence-electron chi connectivity index (χ4n) is 1.96. The van der Waals surface area contributed by atoms with Gasteiger partial charge in [0.05, 0.1) is 11.4 Å². The van der Waals surface area contributed by atoms with Gasteiger partial charge in [0.2, 0.25) is 0 Å². The summed E-state index contributed by atoms with van der Waals surface area (Å²) in [5.74, 6) is 0.434. The summed E-state index contributed by atoms with van der Waals surface area (Å²) in [5, 5.41) is 4.52. The molecule has 0 spiro atoms. The molecule has 0 radical (unpaired) electrons. The predicted molar refractivity (Wildman–Crippen MR) is 77.6 cm³/mol. The number of carbonyl (C=O) groups is 1. The van der Waals surface area contributed by atoms with Gasteiger partial charge in [-0.3, -0.25) is 4.68 Å². The van der Waals surface area contributed by atoms with Crippen LogP contribution in [0.4, 0.5) is 4.79 Å². The molecule has 0 aliphatic rings. The largest absolute Gasteiger partial charge is 0.410 e. The van der Waals surface area contributed by atoms with Gasteiger partial charge in [-0.2, -0.15) is 5.10 Å². The molecule has 1 amide bonds. The maximum Gasteiger partial charge on any atom is 0.409 e. The molecule has 0 aliphatic carbocycles. The van der Waals surface area contributed by atoms with Gasteiger partial charge in [-0.05, 0) is 18.2 Å². The molecule has 1 heterocycles. The molecule has 5 heteroatoms. The lowest BCUT2D eigenvalue weighted by atomic mass is 9.92. The number of hydrogen-bond donors (Lipinski definition) is 1. The third-order valence-corrected chi connectivity index (χ3v) is 3.02. The molecule has 0 aliphatic heterocycles. The van der Waals surface area contributed by atoms with Crippen molar-refractivity contribution >= 4 is 6.09 Å². The van der Waals surface area contributed by atoms with Crippen molar-refractivity contribution in [1.29, 1.82) is 0 Å². The highest BCUT2D eigenvalue weighted by Gasteiger charge is 2.21. The Labute approximate surface area is 118 Å². The summed E-state index contributed by atoms with van der Waals surface area (Å²) in [6.07, 6.45) is -0.823. The number of ether oxygens (including phenoxy) is 1. The van der Waals surface area contributed by atoms with Gasteiger partial charge in [0.15, 0.2) is 0 Å². The quantitative estimate of drug-likeness (QED) is 0.914. The molecular formula is C15H19N3O2. The van der Waals surface area contributed by atoms with Crippen molar-refractivity contribution in [2.45, 2.75) is 26.2 Å². The Bertz CT molecular complexity index is 639. The van der Waals surface area contributed by atoms with E-state index in [9.17, 15) is 4.79 Å². The smallest absolute Gasteiger partial charge is 0.409 e. The topological polar surface area (TPSA) is 70.1 Å². The molecular weight excluding hydrogens is 254 g/mol. The first-order valence-electron chi connectivity index (χ1n) is 6.40. The summed E-state index contributed by atoms with van der Waals surface area (Å²) in [6, 6.07) is 9.27. The molecule has 5 nitrogen and oxygen atoms in total. The van der Waals surface area contributed by atoms with Crippen LogP contribution in [-0.4, -0.2) is 15.9 Å². The lowest BCUT2D eigenvalue weighted by Gasteiger charge is -2.13. The fraction of sp³-hybridized carbons (Fsp3) is 0.333. The number of aromatic nitrogens is 2. The second-order valence-electron chi connectivity index (χ2n) is 5.71. The minimum Gasteiger partial charge on any atom is -0.410 e. The van der Waals surface area contributed by atoms with E-state index in [1.807, 2.05) is 25.2 Å². The Morgan fingerprint density at radius 1 is 1.30 bits per heavy atom. The molecule has 2 aromatic rings. The van der Waals surface area contributed by atoms with Crippen LogP contribution in [0.2, 0.25) is 0 Å². The molecule has 20 heavy (non-hydrogen) atoms. The number of nitrogens with zero attached hydrogens (tertiary/aromatic N) is 2. The van der Waals surface area contributed by atoms with E-state index in [1.54, 1.807) is 16.8 Å². The summed E-state index contributed by atoms with van der Waals surface area (Å²) in [5.41, 5.74) is 7.70. The van der Waals surface area contributed by atoms with Gasteiger partial charge in [0, 0.05) is 18.0 Å². The SMILES string of the molecule is Cn1nc(C(C)(C)C)cc1-c1ccccc1OC(N)=O. The number of hydrogen-bond acceptors (Lipinski definition) is 3. The van der Waals surface area contributed by atoms with Crippen LogP contribution in [0.3, 0.4) is 0 Å². The molecule has 0 saturated heterocycles. The standard InChI is InChI=1S/C15H19N3O2/c1-15(2,3)13-9-11(18(4)17-13)10-7-5-6-8-12(10)20-14(16)19/h5-9H,1-4H3,(H2,16,19). The van der Waals surface area contributed by atoms with Crippen molar-refractivity contribution in [2.24, 2.45) is 12.8 Å². The van der Waals surface area contributed by atoms with Crippen LogP contribution in [0.15, 0.2) is 30.3 Å². The van der Waals surface area contributed by atoms with Gasteiger partial charge in [0.1, 0.15) is 5.75 Å². The Morgan fingerprint density at radius 3 is 2.50 bits per heavy atom. The van der Waals surface area contributed by atoms with Crippen LogP contribution in [-0.2, 0) is 12.5 Å². The van der Waals surface area contributed by atoms with Crippen LogP contribution in [0, 0.1) is 0 Å². The minimum absolute atomic E-state index is 0.0461. The number of primary amides is 1. The molecule has 106 valence electrons. The summed E-state index contributed by atoms with van der Waals surface area (Å²) in [7, 11) is 1.87. The lowest BCUT2D eigenvalue weighted by molar-refractivity contribution is 0.211. The Hall–Kier alpha value is -2.30. The predicted octanol–water partition coefficient (Wildman–Crippen LogP) is 2.84. The second kappa shape index (κ2) is 5.00. The van der Waals surface area contributed by atoms with Gasteiger partial charge < -0.3 is 10.5 Å². The zero-order valence-corrected chi connectivity index (χ0v) is 12.2. The first-order chi connectivity index (χ1) is 9.29. The van der Waals surface area contributed by atoms with Gasteiger partial charge in [-0.1, -0.05) is 32.9 Å². The zero-order valence-electron chi connectivity index (χ0n) is 12.2. The van der Waals surface area contributed by atoms with E-state index < -0.39 is 6.09 Å². The normalized spacial score (nSPS) is 11.4. The van der Waals surface area contributed by atoms with E-state index in [1.165, 1.54) is 0 Å². The Morgan fingerprint density at radius 2 is 1.95 bits per heavy atom. The fourth-order valence-corrected chi connectivity index (χ4v) is 1.96. The number of rotatable bonds is 2. The van der Waals surface area contributed by atoms with E-state index in [4.69, 9.17) is 10.5 Å². The average Bonchev–Trinajstić information content (AvgIpc) is 2.71. The number of carbonyl (C=O) groups excluding carboxylic acids is 1.